The second-order valence-electron chi connectivity index (χ2n) is 5.83. The molecule has 0 bridgehead atoms. The zero-order chi connectivity index (χ0) is 12.7. The van der Waals surface area contributed by atoms with Crippen LogP contribution in [0, 0.1) is 11.3 Å². The zero-order valence-electron chi connectivity index (χ0n) is 11.4. The van der Waals surface area contributed by atoms with Crippen molar-refractivity contribution in [3.8, 4) is 0 Å². The molecule has 1 amide bonds. The van der Waals surface area contributed by atoms with Crippen molar-refractivity contribution >= 4 is 5.91 Å². The number of nitrogens with one attached hydrogen (secondary N) is 1. The van der Waals surface area contributed by atoms with E-state index in [1.54, 1.807) is 0 Å². The number of hydrogen-bond acceptors (Lipinski definition) is 2. The van der Waals surface area contributed by atoms with Gasteiger partial charge in [0.05, 0.1) is 0 Å². The second-order valence-corrected chi connectivity index (χ2v) is 5.83. The Morgan fingerprint density at radius 3 is 2.59 bits per heavy atom. The summed E-state index contributed by atoms with van der Waals surface area (Å²) < 4.78 is 0. The molecule has 0 radical (unpaired) electrons. The molecule has 1 rings (SSSR count). The molecule has 1 unspecified atom stereocenters. The van der Waals surface area contributed by atoms with Gasteiger partial charge in [0.2, 0.25) is 5.91 Å². The van der Waals surface area contributed by atoms with E-state index in [1.165, 1.54) is 19.3 Å². The molecule has 3 nitrogen and oxygen atoms in total. The summed E-state index contributed by atoms with van der Waals surface area (Å²) in [4.78, 5) is 11.7. The first-order valence-corrected chi connectivity index (χ1v) is 7.06. The maximum absolute atomic E-state index is 11.7. The van der Waals surface area contributed by atoms with Crippen molar-refractivity contribution < 1.29 is 4.79 Å². The first-order chi connectivity index (χ1) is 8.09. The van der Waals surface area contributed by atoms with E-state index in [2.05, 4.69) is 19.2 Å². The lowest BCUT2D eigenvalue weighted by molar-refractivity contribution is -0.122. The van der Waals surface area contributed by atoms with Crippen LogP contribution in [0.4, 0.5) is 0 Å². The van der Waals surface area contributed by atoms with Gasteiger partial charge >= 0.3 is 0 Å². The summed E-state index contributed by atoms with van der Waals surface area (Å²) >= 11 is 0. The topological polar surface area (TPSA) is 55.1 Å². The van der Waals surface area contributed by atoms with Gasteiger partial charge in [0.15, 0.2) is 0 Å². The molecule has 1 aliphatic rings. The molecule has 0 spiro atoms. The maximum Gasteiger partial charge on any atom is 0.220 e. The summed E-state index contributed by atoms with van der Waals surface area (Å²) in [7, 11) is 0. The van der Waals surface area contributed by atoms with Crippen LogP contribution in [0.5, 0.6) is 0 Å². The predicted octanol–water partition coefficient (Wildman–Crippen LogP) is 2.45. The van der Waals surface area contributed by atoms with E-state index in [-0.39, 0.29) is 5.91 Å². The van der Waals surface area contributed by atoms with Crippen LogP contribution in [-0.4, -0.2) is 19.0 Å². The van der Waals surface area contributed by atoms with E-state index in [9.17, 15) is 4.79 Å². The van der Waals surface area contributed by atoms with Crippen molar-refractivity contribution in [2.45, 2.75) is 58.8 Å². The zero-order valence-corrected chi connectivity index (χ0v) is 11.4. The Morgan fingerprint density at radius 2 is 2.12 bits per heavy atom. The van der Waals surface area contributed by atoms with Gasteiger partial charge in [0, 0.05) is 13.0 Å². The molecule has 0 aromatic heterocycles. The monoisotopic (exact) mass is 240 g/mol. The average Bonchev–Trinajstić information content (AvgIpc) is 2.29. The molecule has 0 aromatic rings. The van der Waals surface area contributed by atoms with Crippen LogP contribution >= 0.6 is 0 Å². The molecule has 1 saturated carbocycles. The summed E-state index contributed by atoms with van der Waals surface area (Å²) in [5, 5.41) is 3.08. The lowest BCUT2D eigenvalue weighted by atomic mass is 9.70. The molecule has 1 atom stereocenters. The molecule has 17 heavy (non-hydrogen) atoms. The SMILES string of the molecule is CCC(CCN)CCC(=O)NCC1(C)CCC1. The molecule has 0 saturated heterocycles. The molecule has 1 aliphatic carbocycles. The van der Waals surface area contributed by atoms with E-state index in [0.717, 1.165) is 32.4 Å². The lowest BCUT2D eigenvalue weighted by Crippen LogP contribution is -2.39. The minimum Gasteiger partial charge on any atom is -0.356 e. The summed E-state index contributed by atoms with van der Waals surface area (Å²) in [5.41, 5.74) is 5.94. The van der Waals surface area contributed by atoms with E-state index < -0.39 is 0 Å². The van der Waals surface area contributed by atoms with Gasteiger partial charge in [-0.3, -0.25) is 4.79 Å². The highest BCUT2D eigenvalue weighted by molar-refractivity contribution is 5.75. The first kappa shape index (κ1) is 14.5. The van der Waals surface area contributed by atoms with Crippen LogP contribution in [-0.2, 0) is 4.79 Å². The largest absolute Gasteiger partial charge is 0.356 e. The molecule has 0 aromatic carbocycles. The van der Waals surface area contributed by atoms with Crippen LogP contribution in [0.2, 0.25) is 0 Å². The van der Waals surface area contributed by atoms with E-state index >= 15 is 0 Å². The minimum absolute atomic E-state index is 0.216. The highest BCUT2D eigenvalue weighted by Crippen LogP contribution is 2.39. The van der Waals surface area contributed by atoms with Gasteiger partial charge in [-0.25, -0.2) is 0 Å². The highest BCUT2D eigenvalue weighted by Gasteiger charge is 2.31. The third-order valence-corrected chi connectivity index (χ3v) is 4.20. The summed E-state index contributed by atoms with van der Waals surface area (Å²) in [6.45, 7) is 6.03. The fourth-order valence-electron chi connectivity index (χ4n) is 2.48. The van der Waals surface area contributed by atoms with Crippen molar-refractivity contribution in [1.29, 1.82) is 0 Å². The quantitative estimate of drug-likeness (QED) is 0.684. The molecule has 0 heterocycles. The standard InChI is InChI=1S/C14H28N2O/c1-3-12(7-10-15)5-6-13(17)16-11-14(2)8-4-9-14/h12H,3-11,15H2,1-2H3,(H,16,17). The van der Waals surface area contributed by atoms with Crippen molar-refractivity contribution in [2.75, 3.05) is 13.1 Å². The third-order valence-electron chi connectivity index (χ3n) is 4.20. The Bertz CT molecular complexity index is 236. The summed E-state index contributed by atoms with van der Waals surface area (Å²) in [6.07, 6.45) is 7.66. The van der Waals surface area contributed by atoms with Gasteiger partial charge in [-0.1, -0.05) is 26.7 Å². The third kappa shape index (κ3) is 5.07. The number of rotatable bonds is 8. The Morgan fingerprint density at radius 1 is 1.41 bits per heavy atom. The van der Waals surface area contributed by atoms with Crippen LogP contribution in [0.15, 0.2) is 0 Å². The Hall–Kier alpha value is -0.570. The Labute approximate surface area is 106 Å². The van der Waals surface area contributed by atoms with Gasteiger partial charge in [-0.05, 0) is 43.6 Å². The van der Waals surface area contributed by atoms with E-state index in [0.29, 0.717) is 17.8 Å². The normalized spacial score (nSPS) is 19.5. The van der Waals surface area contributed by atoms with Crippen LogP contribution in [0.25, 0.3) is 0 Å². The Balaban J connectivity index is 2.11. The first-order valence-electron chi connectivity index (χ1n) is 7.06. The maximum atomic E-state index is 11.7. The molecule has 1 fully saturated rings. The van der Waals surface area contributed by atoms with Crippen LogP contribution < -0.4 is 11.1 Å². The number of carbonyl (C=O) groups is 1. The van der Waals surface area contributed by atoms with Gasteiger partial charge in [0.1, 0.15) is 0 Å². The van der Waals surface area contributed by atoms with Gasteiger partial charge in [0.25, 0.3) is 0 Å². The number of carbonyl (C=O) groups excluding carboxylic acids is 1. The van der Waals surface area contributed by atoms with Crippen LogP contribution in [0.3, 0.4) is 0 Å². The summed E-state index contributed by atoms with van der Waals surface area (Å²) in [5.74, 6) is 0.832. The fourth-order valence-corrected chi connectivity index (χ4v) is 2.48. The Kier molecular flexibility index (Phi) is 5.96. The predicted molar refractivity (Wildman–Crippen MR) is 71.7 cm³/mol. The van der Waals surface area contributed by atoms with Gasteiger partial charge < -0.3 is 11.1 Å². The van der Waals surface area contributed by atoms with Gasteiger partial charge in [-0.2, -0.15) is 0 Å². The average molecular weight is 240 g/mol. The van der Waals surface area contributed by atoms with E-state index in [1.807, 2.05) is 0 Å². The van der Waals surface area contributed by atoms with Crippen molar-refractivity contribution in [3.05, 3.63) is 0 Å². The van der Waals surface area contributed by atoms with Gasteiger partial charge in [-0.15, -0.1) is 0 Å². The smallest absolute Gasteiger partial charge is 0.220 e. The number of nitrogens with two attached hydrogens (primary N) is 1. The molecular weight excluding hydrogens is 212 g/mol. The number of hydrogen-bond donors (Lipinski definition) is 2. The van der Waals surface area contributed by atoms with Crippen molar-refractivity contribution in [3.63, 3.8) is 0 Å². The highest BCUT2D eigenvalue weighted by atomic mass is 16.1. The molecule has 0 aliphatic heterocycles. The second kappa shape index (κ2) is 7.00. The van der Waals surface area contributed by atoms with Crippen molar-refractivity contribution in [2.24, 2.45) is 17.1 Å². The van der Waals surface area contributed by atoms with Crippen LogP contribution in [0.1, 0.15) is 58.8 Å². The lowest BCUT2D eigenvalue weighted by Gasteiger charge is -2.38. The van der Waals surface area contributed by atoms with Crippen molar-refractivity contribution in [1.82, 2.24) is 5.32 Å². The molecule has 100 valence electrons. The molecule has 3 heteroatoms. The van der Waals surface area contributed by atoms with E-state index in [4.69, 9.17) is 5.73 Å². The fraction of sp³-hybridized carbons (Fsp3) is 0.929. The summed E-state index contributed by atoms with van der Waals surface area (Å²) in [6, 6.07) is 0. The minimum atomic E-state index is 0.216. The number of amides is 1. The molecular formula is C14H28N2O. The molecule has 3 N–H and O–H groups in total.